The standard InChI is InChI=1S/C8H8FN5.ClH/c9-6-1-3-7(4-2-6)14-8(5-10)11-12-13-14;/h1-4H,5,10H2;1H. The molecule has 0 unspecified atom stereocenters. The molecule has 2 aromatic rings. The van der Waals surface area contributed by atoms with Crippen molar-refractivity contribution in [3.05, 3.63) is 35.9 Å². The highest BCUT2D eigenvalue weighted by Gasteiger charge is 2.05. The van der Waals surface area contributed by atoms with Crippen LogP contribution in [0.2, 0.25) is 0 Å². The van der Waals surface area contributed by atoms with Crippen molar-refractivity contribution in [1.82, 2.24) is 20.2 Å². The second kappa shape index (κ2) is 4.81. The molecule has 1 aromatic heterocycles. The normalized spacial score (nSPS) is 9.73. The summed E-state index contributed by atoms with van der Waals surface area (Å²) in [6.07, 6.45) is 0. The first-order valence-corrected chi connectivity index (χ1v) is 4.04. The summed E-state index contributed by atoms with van der Waals surface area (Å²) < 4.78 is 14.1. The quantitative estimate of drug-likeness (QED) is 0.822. The Hall–Kier alpha value is -1.53. The number of nitrogens with zero attached hydrogens (tertiary/aromatic N) is 4. The van der Waals surface area contributed by atoms with Crippen molar-refractivity contribution in [3.8, 4) is 5.69 Å². The van der Waals surface area contributed by atoms with Gasteiger partial charge in [-0.05, 0) is 34.7 Å². The van der Waals surface area contributed by atoms with Gasteiger partial charge in [-0.2, -0.15) is 4.68 Å². The summed E-state index contributed by atoms with van der Waals surface area (Å²) in [5.74, 6) is 0.243. The van der Waals surface area contributed by atoms with Gasteiger partial charge in [0.05, 0.1) is 12.2 Å². The van der Waals surface area contributed by atoms with Gasteiger partial charge in [-0.15, -0.1) is 17.5 Å². The van der Waals surface area contributed by atoms with Crippen LogP contribution in [0.15, 0.2) is 24.3 Å². The number of hydrogen-bond donors (Lipinski definition) is 1. The maximum atomic E-state index is 12.6. The predicted octanol–water partition coefficient (Wildman–Crippen LogP) is 0.682. The van der Waals surface area contributed by atoms with E-state index in [2.05, 4.69) is 15.5 Å². The van der Waals surface area contributed by atoms with Crippen LogP contribution >= 0.6 is 12.4 Å². The Morgan fingerprint density at radius 2 is 1.93 bits per heavy atom. The molecule has 0 saturated carbocycles. The smallest absolute Gasteiger partial charge is 0.170 e. The molecule has 15 heavy (non-hydrogen) atoms. The number of benzene rings is 1. The highest BCUT2D eigenvalue weighted by molar-refractivity contribution is 5.85. The van der Waals surface area contributed by atoms with E-state index in [0.29, 0.717) is 11.5 Å². The summed E-state index contributed by atoms with van der Waals surface area (Å²) in [6.45, 7) is 0.240. The van der Waals surface area contributed by atoms with E-state index in [4.69, 9.17) is 5.73 Å². The lowest BCUT2D eigenvalue weighted by Gasteiger charge is -2.01. The van der Waals surface area contributed by atoms with Crippen molar-refractivity contribution in [2.45, 2.75) is 6.54 Å². The lowest BCUT2D eigenvalue weighted by molar-refractivity contribution is 0.626. The van der Waals surface area contributed by atoms with Gasteiger partial charge in [0.2, 0.25) is 0 Å². The minimum absolute atomic E-state index is 0. The van der Waals surface area contributed by atoms with Crippen molar-refractivity contribution < 1.29 is 4.39 Å². The molecule has 80 valence electrons. The molecule has 0 saturated heterocycles. The third-order valence-corrected chi connectivity index (χ3v) is 1.79. The molecular weight excluding hydrogens is 221 g/mol. The Morgan fingerprint density at radius 1 is 1.27 bits per heavy atom. The first kappa shape index (κ1) is 11.5. The van der Waals surface area contributed by atoms with E-state index in [0.717, 1.165) is 0 Å². The fourth-order valence-electron chi connectivity index (χ4n) is 1.12. The van der Waals surface area contributed by atoms with E-state index < -0.39 is 0 Å². The number of tetrazole rings is 1. The van der Waals surface area contributed by atoms with Gasteiger partial charge in [-0.25, -0.2) is 4.39 Å². The predicted molar refractivity (Wildman–Crippen MR) is 54.3 cm³/mol. The van der Waals surface area contributed by atoms with Crippen LogP contribution in [0, 0.1) is 5.82 Å². The fraction of sp³-hybridized carbons (Fsp3) is 0.125. The number of rotatable bonds is 2. The van der Waals surface area contributed by atoms with E-state index in [1.165, 1.54) is 16.8 Å². The van der Waals surface area contributed by atoms with Crippen molar-refractivity contribution in [1.29, 1.82) is 0 Å². The Balaban J connectivity index is 0.00000112. The molecule has 0 radical (unpaired) electrons. The van der Waals surface area contributed by atoms with Gasteiger partial charge in [0.15, 0.2) is 5.82 Å². The molecule has 0 bridgehead atoms. The van der Waals surface area contributed by atoms with Gasteiger partial charge in [0.1, 0.15) is 5.82 Å². The van der Waals surface area contributed by atoms with Crippen LogP contribution in [-0.4, -0.2) is 20.2 Å². The van der Waals surface area contributed by atoms with Gasteiger partial charge in [0, 0.05) is 0 Å². The van der Waals surface area contributed by atoms with Crippen molar-refractivity contribution >= 4 is 12.4 Å². The van der Waals surface area contributed by atoms with Gasteiger partial charge < -0.3 is 5.73 Å². The van der Waals surface area contributed by atoms with Crippen LogP contribution in [0.4, 0.5) is 4.39 Å². The number of halogens is 2. The summed E-state index contributed by atoms with van der Waals surface area (Å²) in [5.41, 5.74) is 6.12. The SMILES string of the molecule is Cl.NCc1nnnn1-c1ccc(F)cc1. The van der Waals surface area contributed by atoms with Crippen LogP contribution < -0.4 is 5.73 Å². The van der Waals surface area contributed by atoms with E-state index in [1.807, 2.05) is 0 Å². The zero-order valence-corrected chi connectivity index (χ0v) is 8.49. The highest BCUT2D eigenvalue weighted by Crippen LogP contribution is 2.08. The molecular formula is C8H9ClFN5. The second-order valence-corrected chi connectivity index (χ2v) is 2.69. The number of aromatic nitrogens is 4. The van der Waals surface area contributed by atoms with Crippen LogP contribution in [0.3, 0.4) is 0 Å². The molecule has 5 nitrogen and oxygen atoms in total. The summed E-state index contributed by atoms with van der Waals surface area (Å²) >= 11 is 0. The summed E-state index contributed by atoms with van der Waals surface area (Å²) in [4.78, 5) is 0. The zero-order chi connectivity index (χ0) is 9.97. The molecule has 1 aromatic carbocycles. The summed E-state index contributed by atoms with van der Waals surface area (Å²) in [7, 11) is 0. The molecule has 1 heterocycles. The lowest BCUT2D eigenvalue weighted by Crippen LogP contribution is -2.07. The van der Waals surface area contributed by atoms with Crippen LogP contribution in [0.25, 0.3) is 5.69 Å². The number of nitrogens with two attached hydrogens (primary N) is 1. The molecule has 0 aliphatic carbocycles. The third kappa shape index (κ3) is 2.28. The molecule has 7 heteroatoms. The maximum absolute atomic E-state index is 12.6. The Labute approximate surface area is 91.5 Å². The van der Waals surface area contributed by atoms with Gasteiger partial charge in [-0.3, -0.25) is 0 Å². The molecule has 0 amide bonds. The largest absolute Gasteiger partial charge is 0.324 e. The molecule has 0 atom stereocenters. The monoisotopic (exact) mass is 229 g/mol. The minimum Gasteiger partial charge on any atom is -0.324 e. The fourth-order valence-corrected chi connectivity index (χ4v) is 1.12. The highest BCUT2D eigenvalue weighted by atomic mass is 35.5. The topological polar surface area (TPSA) is 69.6 Å². The molecule has 2 rings (SSSR count). The molecule has 0 spiro atoms. The minimum atomic E-state index is -0.295. The van der Waals surface area contributed by atoms with Gasteiger partial charge >= 0.3 is 0 Å². The van der Waals surface area contributed by atoms with Gasteiger partial charge in [-0.1, -0.05) is 0 Å². The first-order chi connectivity index (χ1) is 6.81. The third-order valence-electron chi connectivity index (χ3n) is 1.79. The molecule has 0 aliphatic rings. The van der Waals surface area contributed by atoms with Crippen molar-refractivity contribution in [3.63, 3.8) is 0 Å². The average molecular weight is 230 g/mol. The van der Waals surface area contributed by atoms with Crippen molar-refractivity contribution in [2.75, 3.05) is 0 Å². The first-order valence-electron chi connectivity index (χ1n) is 4.04. The Bertz CT molecular complexity index is 427. The van der Waals surface area contributed by atoms with E-state index in [9.17, 15) is 4.39 Å². The van der Waals surface area contributed by atoms with Crippen LogP contribution in [-0.2, 0) is 6.54 Å². The molecule has 2 N–H and O–H groups in total. The van der Waals surface area contributed by atoms with Gasteiger partial charge in [0.25, 0.3) is 0 Å². The molecule has 0 fully saturated rings. The van der Waals surface area contributed by atoms with E-state index >= 15 is 0 Å². The Kier molecular flexibility index (Phi) is 3.70. The lowest BCUT2D eigenvalue weighted by atomic mass is 10.3. The van der Waals surface area contributed by atoms with Crippen molar-refractivity contribution in [2.24, 2.45) is 5.73 Å². The Morgan fingerprint density at radius 3 is 2.53 bits per heavy atom. The molecule has 0 aliphatic heterocycles. The van der Waals surface area contributed by atoms with E-state index in [-0.39, 0.29) is 24.8 Å². The van der Waals surface area contributed by atoms with E-state index in [1.54, 1.807) is 12.1 Å². The maximum Gasteiger partial charge on any atom is 0.170 e. The summed E-state index contributed by atoms with van der Waals surface area (Å²) in [6, 6.07) is 5.87. The number of hydrogen-bond acceptors (Lipinski definition) is 4. The average Bonchev–Trinajstić information content (AvgIpc) is 2.67. The second-order valence-electron chi connectivity index (χ2n) is 2.69. The van der Waals surface area contributed by atoms with Crippen LogP contribution in [0.1, 0.15) is 5.82 Å². The van der Waals surface area contributed by atoms with Crippen LogP contribution in [0.5, 0.6) is 0 Å². The zero-order valence-electron chi connectivity index (χ0n) is 7.67. The summed E-state index contributed by atoms with van der Waals surface area (Å²) in [5, 5.41) is 10.9.